The summed E-state index contributed by atoms with van der Waals surface area (Å²) in [6.45, 7) is 0.134. The lowest BCUT2D eigenvalue weighted by molar-refractivity contribution is -0.115. The number of hydrogen-bond donors (Lipinski definition) is 1. The van der Waals surface area contributed by atoms with E-state index in [1.165, 1.54) is 0 Å². The predicted octanol–water partition coefficient (Wildman–Crippen LogP) is 5.26. The van der Waals surface area contributed by atoms with Gasteiger partial charge in [0.1, 0.15) is 6.61 Å². The van der Waals surface area contributed by atoms with Crippen LogP contribution in [0.1, 0.15) is 5.56 Å². The molecule has 1 N–H and O–H groups in total. The van der Waals surface area contributed by atoms with E-state index in [0.717, 1.165) is 11.1 Å². The Morgan fingerprint density at radius 2 is 1.97 bits per heavy atom. The number of carbonyl (C=O) groups is 1. The number of hydrogen-bond acceptors (Lipinski definition) is 4. The van der Waals surface area contributed by atoms with Crippen molar-refractivity contribution < 1.29 is 14.3 Å². The van der Waals surface area contributed by atoms with Crippen molar-refractivity contribution in [1.29, 1.82) is 0 Å². The van der Waals surface area contributed by atoms with E-state index < -0.39 is 0 Å². The number of ether oxygens (including phenoxy) is 2. The third kappa shape index (κ3) is 5.24. The summed E-state index contributed by atoms with van der Waals surface area (Å²) in [5.41, 5.74) is 2.68. The predicted molar refractivity (Wildman–Crippen MR) is 119 cm³/mol. The Bertz CT molecular complexity index is 1110. The summed E-state index contributed by atoms with van der Waals surface area (Å²) in [5, 5.41) is 3.75. The summed E-state index contributed by atoms with van der Waals surface area (Å²) in [6.07, 6.45) is 7.04. The van der Waals surface area contributed by atoms with Crippen LogP contribution in [0.25, 0.3) is 11.3 Å². The Kier molecular flexibility index (Phi) is 7.18. The second-order valence-corrected chi connectivity index (χ2v) is 7.05. The molecule has 0 unspecified atom stereocenters. The number of amides is 1. The van der Waals surface area contributed by atoms with Gasteiger partial charge in [0.2, 0.25) is 5.91 Å². The highest BCUT2D eigenvalue weighted by Gasteiger charge is 2.14. The Labute approximate surface area is 184 Å². The number of nitrogens with one attached hydrogen (secondary N) is 1. The number of methoxy groups -OCH3 is 1. The van der Waals surface area contributed by atoms with Gasteiger partial charge in [0.05, 0.1) is 35.0 Å². The maximum atomic E-state index is 12.6. The molecule has 0 fully saturated rings. The van der Waals surface area contributed by atoms with Crippen molar-refractivity contribution in [2.24, 2.45) is 0 Å². The molecular formula is C23H18Cl2N2O3. The van der Waals surface area contributed by atoms with Crippen LogP contribution >= 0.6 is 23.2 Å². The standard InChI is InChI=1S/C23H18Cl2N2O3/c1-3-11-30-20-9-7-16(14-21(20)29-2)23-19(5-4-10-26-23)27-22(28)13-15-6-8-17(24)18(25)12-15/h1,4-10,12,14H,11,13H2,2H3,(H,27,28). The summed E-state index contributed by atoms with van der Waals surface area (Å²) in [6, 6.07) is 14.0. The third-order valence-electron chi connectivity index (χ3n) is 4.18. The molecule has 0 atom stereocenters. The lowest BCUT2D eigenvalue weighted by Crippen LogP contribution is -2.15. The Morgan fingerprint density at radius 3 is 2.70 bits per heavy atom. The van der Waals surface area contributed by atoms with E-state index in [0.29, 0.717) is 32.9 Å². The molecule has 0 radical (unpaired) electrons. The molecular weight excluding hydrogens is 423 g/mol. The zero-order chi connectivity index (χ0) is 21.5. The highest BCUT2D eigenvalue weighted by Crippen LogP contribution is 2.34. The van der Waals surface area contributed by atoms with Crippen LogP contribution in [0.2, 0.25) is 10.0 Å². The molecule has 3 aromatic rings. The van der Waals surface area contributed by atoms with Crippen LogP contribution in [-0.2, 0) is 11.2 Å². The number of carbonyl (C=O) groups excluding carboxylic acids is 1. The van der Waals surface area contributed by atoms with Crippen molar-refractivity contribution in [3.63, 3.8) is 0 Å². The fourth-order valence-corrected chi connectivity index (χ4v) is 3.14. The zero-order valence-electron chi connectivity index (χ0n) is 16.1. The maximum absolute atomic E-state index is 12.6. The molecule has 0 bridgehead atoms. The number of benzene rings is 2. The van der Waals surface area contributed by atoms with E-state index in [9.17, 15) is 4.79 Å². The van der Waals surface area contributed by atoms with Gasteiger partial charge in [-0.25, -0.2) is 0 Å². The van der Waals surface area contributed by atoms with Crippen LogP contribution in [0, 0.1) is 12.3 Å². The van der Waals surface area contributed by atoms with Crippen molar-refractivity contribution >= 4 is 34.8 Å². The molecule has 0 aliphatic heterocycles. The minimum atomic E-state index is -0.205. The molecule has 0 aliphatic carbocycles. The second-order valence-electron chi connectivity index (χ2n) is 6.23. The number of halogens is 2. The van der Waals surface area contributed by atoms with Crippen LogP contribution in [0.3, 0.4) is 0 Å². The van der Waals surface area contributed by atoms with Gasteiger partial charge in [0.25, 0.3) is 0 Å². The van der Waals surface area contributed by atoms with Gasteiger partial charge in [0, 0.05) is 11.8 Å². The first kappa shape index (κ1) is 21.5. The fraction of sp³-hybridized carbons (Fsp3) is 0.130. The van der Waals surface area contributed by atoms with Crippen molar-refractivity contribution in [1.82, 2.24) is 4.98 Å². The summed E-state index contributed by atoms with van der Waals surface area (Å²) < 4.78 is 10.9. The Hall–Kier alpha value is -3.20. The van der Waals surface area contributed by atoms with Gasteiger partial charge in [-0.05, 0) is 48.0 Å². The van der Waals surface area contributed by atoms with E-state index in [1.807, 2.05) is 6.07 Å². The summed E-state index contributed by atoms with van der Waals surface area (Å²) in [4.78, 5) is 17.0. The number of nitrogens with zero attached hydrogens (tertiary/aromatic N) is 1. The average molecular weight is 441 g/mol. The van der Waals surface area contributed by atoms with E-state index in [1.54, 1.807) is 55.8 Å². The van der Waals surface area contributed by atoms with Crippen LogP contribution in [0.5, 0.6) is 11.5 Å². The van der Waals surface area contributed by atoms with Crippen molar-refractivity contribution in [3.05, 3.63) is 70.3 Å². The number of terminal acetylenes is 1. The lowest BCUT2D eigenvalue weighted by Gasteiger charge is -2.13. The van der Waals surface area contributed by atoms with Crippen molar-refractivity contribution in [2.45, 2.75) is 6.42 Å². The third-order valence-corrected chi connectivity index (χ3v) is 4.92. The van der Waals surface area contributed by atoms with Gasteiger partial charge in [-0.1, -0.05) is 35.2 Å². The van der Waals surface area contributed by atoms with E-state index in [4.69, 9.17) is 39.1 Å². The number of rotatable bonds is 7. The molecule has 0 aliphatic rings. The first-order valence-corrected chi connectivity index (χ1v) is 9.71. The van der Waals surface area contributed by atoms with Crippen LogP contribution in [-0.4, -0.2) is 24.6 Å². The van der Waals surface area contributed by atoms with E-state index in [2.05, 4.69) is 16.2 Å². The fourth-order valence-electron chi connectivity index (χ4n) is 2.82. The van der Waals surface area contributed by atoms with Gasteiger partial charge in [-0.15, -0.1) is 6.42 Å². The molecule has 1 heterocycles. The first-order chi connectivity index (χ1) is 14.5. The first-order valence-electron chi connectivity index (χ1n) is 8.95. The molecule has 1 amide bonds. The Morgan fingerprint density at radius 1 is 1.13 bits per heavy atom. The largest absolute Gasteiger partial charge is 0.493 e. The van der Waals surface area contributed by atoms with Crippen LogP contribution < -0.4 is 14.8 Å². The molecule has 0 saturated carbocycles. The molecule has 3 rings (SSSR count). The molecule has 1 aromatic heterocycles. The smallest absolute Gasteiger partial charge is 0.228 e. The molecule has 30 heavy (non-hydrogen) atoms. The van der Waals surface area contributed by atoms with Crippen molar-refractivity contribution in [2.75, 3.05) is 19.0 Å². The molecule has 0 saturated heterocycles. The van der Waals surface area contributed by atoms with Gasteiger partial charge in [-0.2, -0.15) is 0 Å². The van der Waals surface area contributed by atoms with Gasteiger partial charge < -0.3 is 14.8 Å². The van der Waals surface area contributed by atoms with Crippen molar-refractivity contribution in [3.8, 4) is 35.1 Å². The molecule has 152 valence electrons. The van der Waals surface area contributed by atoms with Gasteiger partial charge >= 0.3 is 0 Å². The number of aromatic nitrogens is 1. The molecule has 0 spiro atoms. The van der Waals surface area contributed by atoms with Gasteiger partial charge in [0.15, 0.2) is 11.5 Å². The molecule has 2 aromatic carbocycles. The minimum Gasteiger partial charge on any atom is -0.493 e. The van der Waals surface area contributed by atoms with Crippen LogP contribution in [0.15, 0.2) is 54.7 Å². The maximum Gasteiger partial charge on any atom is 0.228 e. The van der Waals surface area contributed by atoms with E-state index >= 15 is 0 Å². The van der Waals surface area contributed by atoms with Crippen LogP contribution in [0.4, 0.5) is 5.69 Å². The quantitative estimate of drug-likeness (QED) is 0.509. The monoisotopic (exact) mass is 440 g/mol. The summed E-state index contributed by atoms with van der Waals surface area (Å²) >= 11 is 12.0. The molecule has 7 heteroatoms. The number of pyridine rings is 1. The number of anilines is 1. The normalized spacial score (nSPS) is 10.2. The second kappa shape index (κ2) is 10.0. The highest BCUT2D eigenvalue weighted by atomic mass is 35.5. The zero-order valence-corrected chi connectivity index (χ0v) is 17.6. The minimum absolute atomic E-state index is 0.134. The highest BCUT2D eigenvalue weighted by molar-refractivity contribution is 6.42. The topological polar surface area (TPSA) is 60.5 Å². The average Bonchev–Trinajstić information content (AvgIpc) is 2.75. The lowest BCUT2D eigenvalue weighted by atomic mass is 10.1. The molecule has 5 nitrogen and oxygen atoms in total. The van der Waals surface area contributed by atoms with Gasteiger partial charge in [-0.3, -0.25) is 9.78 Å². The summed E-state index contributed by atoms with van der Waals surface area (Å²) in [5.74, 6) is 3.26. The van der Waals surface area contributed by atoms with E-state index in [-0.39, 0.29) is 18.9 Å². The summed E-state index contributed by atoms with van der Waals surface area (Å²) in [7, 11) is 1.54. The Balaban J connectivity index is 1.83. The SMILES string of the molecule is C#CCOc1ccc(-c2ncccc2NC(=O)Cc2ccc(Cl)c(Cl)c2)cc1OC.